The fourth-order valence-electron chi connectivity index (χ4n) is 4.51. The van der Waals surface area contributed by atoms with Crippen molar-refractivity contribution in [2.45, 2.75) is 38.6 Å². The molecule has 4 aromatic rings. The van der Waals surface area contributed by atoms with Crippen LogP contribution in [0, 0.1) is 0 Å². The molecule has 0 aliphatic carbocycles. The molecule has 1 aliphatic rings. The number of carbonyl (C=O) groups is 2. The predicted octanol–water partition coefficient (Wildman–Crippen LogP) is 4.50. The van der Waals surface area contributed by atoms with E-state index in [-0.39, 0.29) is 18.6 Å². The molecule has 0 radical (unpaired) electrons. The highest BCUT2D eigenvalue weighted by molar-refractivity contribution is 5.89. The standard InChI is InChI=1S/C27H26N4O3/c1-18(20-10-6-3-7-11-20)31-16-23-21(12-13-24-22(23)15-28-30-24)14-25(26(31)32)29-27(33)34-17-19-8-4-2-5-9-19/h2-13,15,18,25H,14,16-17H2,1H3,(H,28,30)(H,29,33). The van der Waals surface area contributed by atoms with Crippen LogP contribution in [0.15, 0.2) is 79.0 Å². The Labute approximate surface area is 197 Å². The molecule has 1 aromatic heterocycles. The van der Waals surface area contributed by atoms with E-state index in [9.17, 15) is 9.59 Å². The van der Waals surface area contributed by atoms with Gasteiger partial charge >= 0.3 is 6.09 Å². The molecule has 2 atom stereocenters. The fraction of sp³-hybridized carbons (Fsp3) is 0.222. The summed E-state index contributed by atoms with van der Waals surface area (Å²) in [5.74, 6) is -0.138. The number of hydrogen-bond acceptors (Lipinski definition) is 4. The summed E-state index contributed by atoms with van der Waals surface area (Å²) in [4.78, 5) is 28.2. The SMILES string of the molecule is CC(c1ccccc1)N1Cc2c(ccc3[nH]ncc23)CC(NC(=O)OCc2ccccc2)C1=O. The van der Waals surface area contributed by atoms with Crippen molar-refractivity contribution < 1.29 is 14.3 Å². The average molecular weight is 455 g/mol. The lowest BCUT2D eigenvalue weighted by molar-refractivity contribution is -0.135. The van der Waals surface area contributed by atoms with Gasteiger partial charge < -0.3 is 15.0 Å². The van der Waals surface area contributed by atoms with E-state index in [4.69, 9.17) is 4.74 Å². The topological polar surface area (TPSA) is 87.3 Å². The second-order valence-electron chi connectivity index (χ2n) is 8.55. The molecule has 0 saturated heterocycles. The summed E-state index contributed by atoms with van der Waals surface area (Å²) in [7, 11) is 0. The number of alkyl carbamates (subject to hydrolysis) is 1. The van der Waals surface area contributed by atoms with E-state index in [1.54, 1.807) is 6.20 Å². The molecule has 172 valence electrons. The average Bonchev–Trinajstić information content (AvgIpc) is 3.31. The summed E-state index contributed by atoms with van der Waals surface area (Å²) in [6.45, 7) is 2.58. The molecule has 2 amide bonds. The molecule has 2 heterocycles. The molecule has 34 heavy (non-hydrogen) atoms. The van der Waals surface area contributed by atoms with Crippen molar-refractivity contribution >= 4 is 22.9 Å². The first kappa shape index (κ1) is 21.7. The van der Waals surface area contributed by atoms with Gasteiger partial charge in [-0.2, -0.15) is 5.10 Å². The maximum atomic E-state index is 13.7. The van der Waals surface area contributed by atoms with Crippen LogP contribution in [0.5, 0.6) is 0 Å². The number of amides is 2. The second kappa shape index (κ2) is 9.39. The molecular formula is C27H26N4O3. The number of aromatic nitrogens is 2. The van der Waals surface area contributed by atoms with Crippen molar-refractivity contribution in [2.24, 2.45) is 0 Å². The molecule has 2 N–H and O–H groups in total. The van der Waals surface area contributed by atoms with Crippen LogP contribution in [0.3, 0.4) is 0 Å². The third kappa shape index (κ3) is 4.37. The van der Waals surface area contributed by atoms with Crippen molar-refractivity contribution in [1.82, 2.24) is 20.4 Å². The Kier molecular flexibility index (Phi) is 5.99. The summed E-state index contributed by atoms with van der Waals surface area (Å²) >= 11 is 0. The minimum absolute atomic E-state index is 0.138. The summed E-state index contributed by atoms with van der Waals surface area (Å²) in [5, 5.41) is 11.0. The van der Waals surface area contributed by atoms with Crippen LogP contribution < -0.4 is 5.32 Å². The number of hydrogen-bond donors (Lipinski definition) is 2. The fourth-order valence-corrected chi connectivity index (χ4v) is 4.51. The maximum absolute atomic E-state index is 13.7. The molecule has 2 unspecified atom stereocenters. The van der Waals surface area contributed by atoms with Crippen molar-refractivity contribution in [2.75, 3.05) is 0 Å². The lowest BCUT2D eigenvalue weighted by atomic mass is 9.99. The van der Waals surface area contributed by atoms with Gasteiger partial charge in [-0.25, -0.2) is 4.79 Å². The van der Waals surface area contributed by atoms with Crippen LogP contribution in [0.2, 0.25) is 0 Å². The Morgan fingerprint density at radius 2 is 1.85 bits per heavy atom. The number of carbonyl (C=O) groups excluding carboxylic acids is 2. The van der Waals surface area contributed by atoms with Gasteiger partial charge in [-0.15, -0.1) is 0 Å². The largest absolute Gasteiger partial charge is 0.445 e. The van der Waals surface area contributed by atoms with Crippen LogP contribution in [0.4, 0.5) is 4.79 Å². The summed E-state index contributed by atoms with van der Waals surface area (Å²) in [6.07, 6.45) is 1.57. The highest BCUT2D eigenvalue weighted by Crippen LogP contribution is 2.31. The molecule has 0 fully saturated rings. The third-order valence-electron chi connectivity index (χ3n) is 6.42. The van der Waals surface area contributed by atoms with E-state index in [1.807, 2.05) is 84.6 Å². The molecule has 0 bridgehead atoms. The van der Waals surface area contributed by atoms with Gasteiger partial charge in [0.25, 0.3) is 0 Å². The van der Waals surface area contributed by atoms with Gasteiger partial charge in [0.15, 0.2) is 0 Å². The van der Waals surface area contributed by atoms with Gasteiger partial charge in [0, 0.05) is 18.4 Å². The van der Waals surface area contributed by atoms with Crippen LogP contribution in [0.25, 0.3) is 10.9 Å². The number of rotatable bonds is 5. The van der Waals surface area contributed by atoms with E-state index in [0.717, 1.165) is 33.2 Å². The van der Waals surface area contributed by atoms with Crippen LogP contribution in [-0.4, -0.2) is 33.1 Å². The predicted molar refractivity (Wildman–Crippen MR) is 129 cm³/mol. The summed E-state index contributed by atoms with van der Waals surface area (Å²) in [5.41, 5.74) is 4.90. The Morgan fingerprint density at radius 1 is 1.12 bits per heavy atom. The molecule has 7 nitrogen and oxygen atoms in total. The van der Waals surface area contributed by atoms with Crippen molar-refractivity contribution in [3.05, 3.63) is 101 Å². The Bertz CT molecular complexity index is 1300. The van der Waals surface area contributed by atoms with Crippen LogP contribution >= 0.6 is 0 Å². The Hall–Kier alpha value is -4.13. The molecule has 0 saturated carbocycles. The van der Waals surface area contributed by atoms with E-state index >= 15 is 0 Å². The molecule has 3 aromatic carbocycles. The van der Waals surface area contributed by atoms with Crippen molar-refractivity contribution in [3.8, 4) is 0 Å². The van der Waals surface area contributed by atoms with Gasteiger partial charge in [-0.1, -0.05) is 66.7 Å². The van der Waals surface area contributed by atoms with E-state index < -0.39 is 12.1 Å². The lowest BCUT2D eigenvalue weighted by Gasteiger charge is -2.31. The molecule has 1 aliphatic heterocycles. The normalized spacial score (nSPS) is 16.6. The minimum atomic E-state index is -0.736. The highest BCUT2D eigenvalue weighted by atomic mass is 16.5. The molecule has 0 spiro atoms. The molecular weight excluding hydrogens is 428 g/mol. The third-order valence-corrected chi connectivity index (χ3v) is 6.42. The first-order valence-corrected chi connectivity index (χ1v) is 11.4. The van der Waals surface area contributed by atoms with Gasteiger partial charge in [0.2, 0.25) is 5.91 Å². The number of aromatic amines is 1. The van der Waals surface area contributed by atoms with Gasteiger partial charge in [0.05, 0.1) is 17.8 Å². The monoisotopic (exact) mass is 454 g/mol. The van der Waals surface area contributed by atoms with Crippen LogP contribution in [0.1, 0.15) is 35.2 Å². The molecule has 5 rings (SSSR count). The number of H-pyrrole nitrogens is 1. The summed E-state index contributed by atoms with van der Waals surface area (Å²) in [6, 6.07) is 22.4. The second-order valence-corrected chi connectivity index (χ2v) is 8.55. The van der Waals surface area contributed by atoms with Crippen molar-refractivity contribution in [1.29, 1.82) is 0 Å². The van der Waals surface area contributed by atoms with E-state index in [2.05, 4.69) is 15.5 Å². The van der Waals surface area contributed by atoms with E-state index in [0.29, 0.717) is 13.0 Å². The van der Waals surface area contributed by atoms with Gasteiger partial charge in [-0.05, 0) is 35.2 Å². The first-order valence-electron chi connectivity index (χ1n) is 11.4. The Morgan fingerprint density at radius 3 is 2.62 bits per heavy atom. The van der Waals surface area contributed by atoms with Crippen LogP contribution in [-0.2, 0) is 29.1 Å². The zero-order valence-corrected chi connectivity index (χ0v) is 18.9. The first-order chi connectivity index (χ1) is 16.6. The zero-order valence-electron chi connectivity index (χ0n) is 18.9. The molecule has 7 heteroatoms. The lowest BCUT2D eigenvalue weighted by Crippen LogP contribution is -2.48. The smallest absolute Gasteiger partial charge is 0.408 e. The minimum Gasteiger partial charge on any atom is -0.445 e. The number of ether oxygens (including phenoxy) is 1. The van der Waals surface area contributed by atoms with Gasteiger partial charge in [0.1, 0.15) is 12.6 Å². The number of benzene rings is 3. The maximum Gasteiger partial charge on any atom is 0.408 e. The Balaban J connectivity index is 1.43. The summed E-state index contributed by atoms with van der Waals surface area (Å²) < 4.78 is 5.41. The van der Waals surface area contributed by atoms with Crippen molar-refractivity contribution in [3.63, 3.8) is 0 Å². The number of nitrogens with zero attached hydrogens (tertiary/aromatic N) is 2. The highest BCUT2D eigenvalue weighted by Gasteiger charge is 2.34. The number of fused-ring (bicyclic) bond motifs is 3. The quantitative estimate of drug-likeness (QED) is 0.465. The zero-order chi connectivity index (χ0) is 23.5. The van der Waals surface area contributed by atoms with Gasteiger partial charge in [-0.3, -0.25) is 9.89 Å². The van der Waals surface area contributed by atoms with E-state index in [1.165, 1.54) is 0 Å². The number of nitrogens with one attached hydrogen (secondary N) is 2.